The second-order valence-corrected chi connectivity index (χ2v) is 3.53. The Morgan fingerprint density at radius 1 is 1.57 bits per heavy atom. The van der Waals surface area contributed by atoms with E-state index >= 15 is 0 Å². The lowest BCUT2D eigenvalue weighted by Crippen LogP contribution is -2.28. The molecule has 0 saturated carbocycles. The molecule has 0 aliphatic carbocycles. The summed E-state index contributed by atoms with van der Waals surface area (Å²) in [5, 5.41) is 8.02. The maximum atomic E-state index is 11.3. The van der Waals surface area contributed by atoms with Crippen molar-refractivity contribution in [1.29, 1.82) is 0 Å². The smallest absolute Gasteiger partial charge is 0.310 e. The molecule has 0 amide bonds. The summed E-state index contributed by atoms with van der Waals surface area (Å²) < 4.78 is 6.72. The second-order valence-electron chi connectivity index (χ2n) is 3.53. The van der Waals surface area contributed by atoms with Crippen LogP contribution in [-0.2, 0) is 22.5 Å². The Morgan fingerprint density at radius 3 is 3.07 bits per heavy atom. The number of fused-ring (bicyclic) bond motifs is 1. The van der Waals surface area contributed by atoms with Crippen molar-refractivity contribution in [2.75, 3.05) is 7.11 Å². The van der Waals surface area contributed by atoms with Gasteiger partial charge in [0.25, 0.3) is 0 Å². The largest absolute Gasteiger partial charge is 0.469 e. The van der Waals surface area contributed by atoms with Gasteiger partial charge in [-0.2, -0.15) is 0 Å². The van der Waals surface area contributed by atoms with Crippen molar-refractivity contribution in [3.63, 3.8) is 0 Å². The lowest BCUT2D eigenvalue weighted by atomic mass is 9.99. The van der Waals surface area contributed by atoms with Crippen molar-refractivity contribution >= 4 is 5.97 Å². The Hall–Kier alpha value is -1.39. The van der Waals surface area contributed by atoms with Gasteiger partial charge < -0.3 is 9.30 Å². The molecule has 5 heteroatoms. The Balaban J connectivity index is 2.20. The SMILES string of the molecule is COC(=O)C1CCc2nnc(C)n2C1. The number of hydrogen-bond acceptors (Lipinski definition) is 4. The molecule has 1 atom stereocenters. The molecule has 2 rings (SSSR count). The molecule has 0 radical (unpaired) electrons. The van der Waals surface area contributed by atoms with Crippen LogP contribution >= 0.6 is 0 Å². The molecule has 1 aromatic rings. The molecule has 2 heterocycles. The summed E-state index contributed by atoms with van der Waals surface area (Å²) in [7, 11) is 1.43. The Kier molecular flexibility index (Phi) is 2.23. The van der Waals surface area contributed by atoms with E-state index in [1.54, 1.807) is 0 Å². The maximum Gasteiger partial charge on any atom is 0.310 e. The van der Waals surface area contributed by atoms with Gasteiger partial charge in [-0.05, 0) is 13.3 Å². The van der Waals surface area contributed by atoms with Gasteiger partial charge in [-0.3, -0.25) is 4.79 Å². The fourth-order valence-corrected chi connectivity index (χ4v) is 1.82. The molecular weight excluding hydrogens is 182 g/mol. The zero-order chi connectivity index (χ0) is 10.1. The minimum atomic E-state index is -0.135. The monoisotopic (exact) mass is 195 g/mol. The summed E-state index contributed by atoms with van der Waals surface area (Å²) in [4.78, 5) is 11.3. The molecule has 0 bridgehead atoms. The number of aromatic nitrogens is 3. The predicted octanol–water partition coefficient (Wildman–Crippen LogP) is 0.322. The normalized spacial score (nSPS) is 20.3. The van der Waals surface area contributed by atoms with Gasteiger partial charge >= 0.3 is 5.97 Å². The number of hydrogen-bond donors (Lipinski definition) is 0. The van der Waals surface area contributed by atoms with Crippen molar-refractivity contribution in [3.8, 4) is 0 Å². The summed E-state index contributed by atoms with van der Waals surface area (Å²) in [5.74, 6) is 1.67. The predicted molar refractivity (Wildman–Crippen MR) is 48.6 cm³/mol. The highest BCUT2D eigenvalue weighted by Crippen LogP contribution is 2.20. The number of carbonyl (C=O) groups excluding carboxylic acids is 1. The molecule has 1 aliphatic heterocycles. The van der Waals surface area contributed by atoms with E-state index in [-0.39, 0.29) is 11.9 Å². The van der Waals surface area contributed by atoms with E-state index in [0.717, 1.165) is 24.5 Å². The molecule has 1 aliphatic rings. The highest BCUT2D eigenvalue weighted by Gasteiger charge is 2.27. The van der Waals surface area contributed by atoms with Gasteiger partial charge in [0.1, 0.15) is 11.6 Å². The minimum Gasteiger partial charge on any atom is -0.469 e. The van der Waals surface area contributed by atoms with Gasteiger partial charge in [0.05, 0.1) is 13.0 Å². The Labute approximate surface area is 82.1 Å². The first kappa shape index (κ1) is 9.18. The minimum absolute atomic E-state index is 0.0396. The summed E-state index contributed by atoms with van der Waals surface area (Å²) in [5.41, 5.74) is 0. The summed E-state index contributed by atoms with van der Waals surface area (Å²) >= 11 is 0. The van der Waals surface area contributed by atoms with Crippen LogP contribution in [-0.4, -0.2) is 27.8 Å². The van der Waals surface area contributed by atoms with E-state index in [1.165, 1.54) is 7.11 Å². The van der Waals surface area contributed by atoms with Gasteiger partial charge in [0.2, 0.25) is 0 Å². The highest BCUT2D eigenvalue weighted by atomic mass is 16.5. The van der Waals surface area contributed by atoms with Crippen LogP contribution < -0.4 is 0 Å². The zero-order valence-electron chi connectivity index (χ0n) is 8.36. The molecule has 0 spiro atoms. The van der Waals surface area contributed by atoms with Crippen LogP contribution in [0.5, 0.6) is 0 Å². The van der Waals surface area contributed by atoms with E-state index < -0.39 is 0 Å². The number of aryl methyl sites for hydroxylation is 2. The zero-order valence-corrected chi connectivity index (χ0v) is 8.36. The molecule has 1 unspecified atom stereocenters. The molecule has 0 aromatic carbocycles. The maximum absolute atomic E-state index is 11.3. The van der Waals surface area contributed by atoms with Crippen LogP contribution in [0.25, 0.3) is 0 Å². The Bertz CT molecular complexity index is 359. The van der Waals surface area contributed by atoms with E-state index in [4.69, 9.17) is 4.74 Å². The molecule has 0 saturated heterocycles. The number of rotatable bonds is 1. The van der Waals surface area contributed by atoms with Crippen molar-refractivity contribution in [2.24, 2.45) is 5.92 Å². The third-order valence-corrected chi connectivity index (χ3v) is 2.67. The number of nitrogens with zero attached hydrogens (tertiary/aromatic N) is 3. The molecule has 5 nitrogen and oxygen atoms in total. The third-order valence-electron chi connectivity index (χ3n) is 2.67. The number of methoxy groups -OCH3 is 1. The molecule has 0 N–H and O–H groups in total. The molecule has 0 fully saturated rings. The topological polar surface area (TPSA) is 57.0 Å². The van der Waals surface area contributed by atoms with Gasteiger partial charge in [-0.25, -0.2) is 0 Å². The standard InChI is InChI=1S/C9H13N3O2/c1-6-10-11-8-4-3-7(5-12(6)8)9(13)14-2/h7H,3-5H2,1-2H3. The average Bonchev–Trinajstić information content (AvgIpc) is 2.59. The van der Waals surface area contributed by atoms with Gasteiger partial charge in [0, 0.05) is 13.0 Å². The molecule has 14 heavy (non-hydrogen) atoms. The number of esters is 1. The van der Waals surface area contributed by atoms with Crippen LogP contribution in [0.1, 0.15) is 18.1 Å². The van der Waals surface area contributed by atoms with Crippen molar-refractivity contribution in [3.05, 3.63) is 11.6 Å². The lowest BCUT2D eigenvalue weighted by molar-refractivity contribution is -0.146. The summed E-state index contributed by atoms with van der Waals surface area (Å²) in [6.45, 7) is 2.55. The highest BCUT2D eigenvalue weighted by molar-refractivity contribution is 5.72. The lowest BCUT2D eigenvalue weighted by Gasteiger charge is -2.21. The molecule has 1 aromatic heterocycles. The van der Waals surface area contributed by atoms with E-state index in [9.17, 15) is 4.79 Å². The van der Waals surface area contributed by atoms with Crippen molar-refractivity contribution in [1.82, 2.24) is 14.8 Å². The van der Waals surface area contributed by atoms with Gasteiger partial charge in [0.15, 0.2) is 0 Å². The van der Waals surface area contributed by atoms with E-state index in [0.29, 0.717) is 6.54 Å². The first-order valence-electron chi connectivity index (χ1n) is 4.69. The van der Waals surface area contributed by atoms with E-state index in [1.807, 2.05) is 11.5 Å². The van der Waals surface area contributed by atoms with Crippen LogP contribution in [0.15, 0.2) is 0 Å². The molecular formula is C9H13N3O2. The molecule has 76 valence electrons. The van der Waals surface area contributed by atoms with Gasteiger partial charge in [-0.1, -0.05) is 0 Å². The summed E-state index contributed by atoms with van der Waals surface area (Å²) in [6, 6.07) is 0. The number of ether oxygens (including phenoxy) is 1. The van der Waals surface area contributed by atoms with Crippen LogP contribution in [0, 0.1) is 12.8 Å². The quantitative estimate of drug-likeness (QED) is 0.606. The first-order chi connectivity index (χ1) is 6.72. The van der Waals surface area contributed by atoms with E-state index in [2.05, 4.69) is 10.2 Å². The number of carbonyl (C=O) groups is 1. The summed E-state index contributed by atoms with van der Waals surface area (Å²) in [6.07, 6.45) is 1.62. The fourth-order valence-electron chi connectivity index (χ4n) is 1.82. The average molecular weight is 195 g/mol. The fraction of sp³-hybridized carbons (Fsp3) is 0.667. The first-order valence-corrected chi connectivity index (χ1v) is 4.69. The second kappa shape index (κ2) is 3.40. The van der Waals surface area contributed by atoms with Crippen molar-refractivity contribution in [2.45, 2.75) is 26.3 Å². The van der Waals surface area contributed by atoms with Crippen LogP contribution in [0.4, 0.5) is 0 Å². The van der Waals surface area contributed by atoms with Crippen LogP contribution in [0.3, 0.4) is 0 Å². The van der Waals surface area contributed by atoms with Crippen LogP contribution in [0.2, 0.25) is 0 Å². The Morgan fingerprint density at radius 2 is 2.36 bits per heavy atom. The third kappa shape index (κ3) is 1.38. The van der Waals surface area contributed by atoms with Gasteiger partial charge in [-0.15, -0.1) is 10.2 Å². The van der Waals surface area contributed by atoms with Crippen molar-refractivity contribution < 1.29 is 9.53 Å².